The van der Waals surface area contributed by atoms with Crippen LogP contribution in [0.3, 0.4) is 0 Å². The van der Waals surface area contributed by atoms with Gasteiger partial charge in [0.2, 0.25) is 0 Å². The van der Waals surface area contributed by atoms with Crippen molar-refractivity contribution in [1.29, 1.82) is 0 Å². The molecule has 0 aliphatic heterocycles. The molecule has 1 atom stereocenters. The molecular formula is C18H17Cl2NO4S. The summed E-state index contributed by atoms with van der Waals surface area (Å²) in [5.41, 5.74) is 0.652. The second-order valence-electron chi connectivity index (χ2n) is 5.60. The normalized spacial score (nSPS) is 12.4. The van der Waals surface area contributed by atoms with Crippen molar-refractivity contribution >= 4 is 45.2 Å². The Bertz CT molecular complexity index is 911. The lowest BCUT2D eigenvalue weighted by Crippen LogP contribution is -2.29. The lowest BCUT2D eigenvalue weighted by molar-refractivity contribution is -0.109. The Morgan fingerprint density at radius 3 is 2.35 bits per heavy atom. The minimum absolute atomic E-state index is 0.0509. The second-order valence-corrected chi connectivity index (χ2v) is 8.55. The Balaban J connectivity index is 2.20. The molecular weight excluding hydrogens is 397 g/mol. The number of carbonyl (C=O) groups excluding carboxylic acids is 2. The fourth-order valence-electron chi connectivity index (χ4n) is 2.36. The van der Waals surface area contributed by atoms with Crippen LogP contribution < -0.4 is 5.32 Å². The SMILES string of the molecule is CCCS(=O)(=O)c1ccc(C(C=O)NC(=O)c2ccc(Cl)cc2Cl)cc1. The third-order valence-corrected chi connectivity index (χ3v) is 6.15. The Labute approximate surface area is 162 Å². The molecule has 0 radical (unpaired) electrons. The van der Waals surface area contributed by atoms with Crippen LogP contribution in [0.4, 0.5) is 0 Å². The van der Waals surface area contributed by atoms with Crippen LogP contribution in [0.1, 0.15) is 35.3 Å². The predicted octanol–water partition coefficient (Wildman–Crippen LogP) is 3.85. The number of benzene rings is 2. The molecule has 138 valence electrons. The zero-order valence-electron chi connectivity index (χ0n) is 13.9. The second kappa shape index (κ2) is 8.66. The average Bonchev–Trinajstić information content (AvgIpc) is 2.59. The highest BCUT2D eigenvalue weighted by Crippen LogP contribution is 2.22. The zero-order chi connectivity index (χ0) is 19.3. The molecule has 1 unspecified atom stereocenters. The van der Waals surface area contributed by atoms with E-state index in [0.29, 0.717) is 23.3 Å². The molecule has 0 fully saturated rings. The minimum atomic E-state index is -3.34. The maximum Gasteiger partial charge on any atom is 0.253 e. The summed E-state index contributed by atoms with van der Waals surface area (Å²) in [4.78, 5) is 23.9. The smallest absolute Gasteiger partial charge is 0.253 e. The zero-order valence-corrected chi connectivity index (χ0v) is 16.2. The Kier molecular flexibility index (Phi) is 6.81. The summed E-state index contributed by atoms with van der Waals surface area (Å²) < 4.78 is 24.1. The minimum Gasteiger partial charge on any atom is -0.338 e. The lowest BCUT2D eigenvalue weighted by atomic mass is 10.1. The van der Waals surface area contributed by atoms with Crippen molar-refractivity contribution in [2.75, 3.05) is 5.75 Å². The Morgan fingerprint density at radius 2 is 1.81 bits per heavy atom. The van der Waals surface area contributed by atoms with Crippen molar-refractivity contribution in [3.05, 3.63) is 63.6 Å². The van der Waals surface area contributed by atoms with Crippen molar-refractivity contribution in [3.8, 4) is 0 Å². The molecule has 26 heavy (non-hydrogen) atoms. The molecule has 2 aromatic rings. The van der Waals surface area contributed by atoms with E-state index in [-0.39, 0.29) is 21.2 Å². The molecule has 1 N–H and O–H groups in total. The van der Waals surface area contributed by atoms with Crippen molar-refractivity contribution in [2.24, 2.45) is 0 Å². The quantitative estimate of drug-likeness (QED) is 0.698. The number of nitrogens with one attached hydrogen (secondary N) is 1. The summed E-state index contributed by atoms with van der Waals surface area (Å²) in [5.74, 6) is -0.485. The fourth-order valence-corrected chi connectivity index (χ4v) is 4.18. The fraction of sp³-hybridized carbons (Fsp3) is 0.222. The van der Waals surface area contributed by atoms with Gasteiger partial charge in [0.1, 0.15) is 12.3 Å². The van der Waals surface area contributed by atoms with Gasteiger partial charge in [-0.1, -0.05) is 42.3 Å². The van der Waals surface area contributed by atoms with Crippen LogP contribution in [0.5, 0.6) is 0 Å². The van der Waals surface area contributed by atoms with E-state index in [9.17, 15) is 18.0 Å². The predicted molar refractivity (Wildman–Crippen MR) is 102 cm³/mol. The molecule has 0 heterocycles. The number of rotatable bonds is 7. The van der Waals surface area contributed by atoms with Crippen molar-refractivity contribution in [2.45, 2.75) is 24.3 Å². The molecule has 1 amide bonds. The van der Waals surface area contributed by atoms with Gasteiger partial charge >= 0.3 is 0 Å². The molecule has 0 bridgehead atoms. The summed E-state index contributed by atoms with van der Waals surface area (Å²) in [6, 6.07) is 9.35. The van der Waals surface area contributed by atoms with Crippen molar-refractivity contribution < 1.29 is 18.0 Å². The van der Waals surface area contributed by atoms with Crippen molar-refractivity contribution in [1.82, 2.24) is 5.32 Å². The summed E-state index contributed by atoms with van der Waals surface area (Å²) in [6.45, 7) is 1.78. The van der Waals surface area contributed by atoms with E-state index < -0.39 is 21.8 Å². The largest absolute Gasteiger partial charge is 0.338 e. The first-order valence-electron chi connectivity index (χ1n) is 7.82. The van der Waals surface area contributed by atoms with Crippen LogP contribution in [0, 0.1) is 0 Å². The van der Waals surface area contributed by atoms with E-state index in [1.165, 1.54) is 42.5 Å². The van der Waals surface area contributed by atoms with Gasteiger partial charge in [0, 0.05) is 5.02 Å². The number of sulfone groups is 1. The van der Waals surface area contributed by atoms with Gasteiger partial charge in [-0.15, -0.1) is 0 Å². The van der Waals surface area contributed by atoms with Gasteiger partial charge in [-0.25, -0.2) is 8.42 Å². The van der Waals surface area contributed by atoms with E-state index in [1.807, 2.05) is 0 Å². The van der Waals surface area contributed by atoms with Crippen molar-refractivity contribution in [3.63, 3.8) is 0 Å². The van der Waals surface area contributed by atoms with E-state index in [4.69, 9.17) is 23.2 Å². The molecule has 5 nitrogen and oxygen atoms in total. The number of hydrogen-bond acceptors (Lipinski definition) is 4. The summed E-state index contributed by atoms with van der Waals surface area (Å²) in [6.07, 6.45) is 1.08. The molecule has 0 aromatic heterocycles. The highest BCUT2D eigenvalue weighted by molar-refractivity contribution is 7.91. The van der Waals surface area contributed by atoms with Crippen LogP contribution in [-0.4, -0.2) is 26.4 Å². The van der Waals surface area contributed by atoms with Crippen LogP contribution in [0.15, 0.2) is 47.4 Å². The summed E-state index contributed by atoms with van der Waals surface area (Å²) in [5, 5.41) is 3.12. The number of hydrogen-bond donors (Lipinski definition) is 1. The van der Waals surface area contributed by atoms with E-state index in [0.717, 1.165) is 0 Å². The number of amides is 1. The van der Waals surface area contributed by atoms with E-state index in [2.05, 4.69) is 5.32 Å². The van der Waals surface area contributed by atoms with Crippen LogP contribution in [0.2, 0.25) is 10.0 Å². The van der Waals surface area contributed by atoms with Gasteiger partial charge < -0.3 is 10.1 Å². The van der Waals surface area contributed by atoms with Crippen LogP contribution >= 0.6 is 23.2 Å². The average molecular weight is 414 g/mol. The molecule has 2 rings (SSSR count). The van der Waals surface area contributed by atoms with Gasteiger partial charge in [-0.3, -0.25) is 4.79 Å². The maximum atomic E-state index is 12.3. The van der Waals surface area contributed by atoms with Gasteiger partial charge in [-0.05, 0) is 42.3 Å². The first-order chi connectivity index (χ1) is 12.3. The third kappa shape index (κ3) is 4.84. The third-order valence-electron chi connectivity index (χ3n) is 3.67. The Morgan fingerprint density at radius 1 is 1.15 bits per heavy atom. The number of halogens is 2. The Hall–Kier alpha value is -1.89. The molecule has 0 aliphatic rings. The molecule has 2 aromatic carbocycles. The van der Waals surface area contributed by atoms with Gasteiger partial charge in [0.15, 0.2) is 9.84 Å². The van der Waals surface area contributed by atoms with E-state index in [1.54, 1.807) is 6.92 Å². The number of carbonyl (C=O) groups is 2. The van der Waals surface area contributed by atoms with Crippen LogP contribution in [-0.2, 0) is 14.6 Å². The lowest BCUT2D eigenvalue weighted by Gasteiger charge is -2.14. The highest BCUT2D eigenvalue weighted by atomic mass is 35.5. The van der Waals surface area contributed by atoms with E-state index >= 15 is 0 Å². The molecule has 0 spiro atoms. The topological polar surface area (TPSA) is 80.3 Å². The summed E-state index contributed by atoms with van der Waals surface area (Å²) >= 11 is 11.8. The van der Waals surface area contributed by atoms with Gasteiger partial charge in [0.05, 0.1) is 21.2 Å². The maximum absolute atomic E-state index is 12.3. The first-order valence-corrected chi connectivity index (χ1v) is 10.2. The molecule has 0 aliphatic carbocycles. The van der Waals surface area contributed by atoms with Gasteiger partial charge in [-0.2, -0.15) is 0 Å². The van der Waals surface area contributed by atoms with Gasteiger partial charge in [0.25, 0.3) is 5.91 Å². The number of aldehydes is 1. The summed E-state index contributed by atoms with van der Waals surface area (Å²) in [7, 11) is -3.34. The standard InChI is InChI=1S/C18H17Cl2NO4S/c1-2-9-26(24,25)14-6-3-12(4-7-14)17(11-22)21-18(23)15-8-5-13(19)10-16(15)20/h3-8,10-11,17H,2,9H2,1H3,(H,21,23). The molecule has 0 saturated heterocycles. The highest BCUT2D eigenvalue weighted by Gasteiger charge is 2.19. The molecule has 8 heteroatoms. The molecule has 0 saturated carbocycles. The van der Waals surface area contributed by atoms with Crippen LogP contribution in [0.25, 0.3) is 0 Å². The monoisotopic (exact) mass is 413 g/mol. The first kappa shape index (κ1) is 20.4.